The molecule has 114 valence electrons. The van der Waals surface area contributed by atoms with E-state index in [0.29, 0.717) is 5.56 Å². The lowest BCUT2D eigenvalue weighted by Gasteiger charge is -2.09. The van der Waals surface area contributed by atoms with E-state index in [1.807, 2.05) is 36.4 Å². The molecular formula is C14H17IN2O4. The van der Waals surface area contributed by atoms with Gasteiger partial charge in [0.1, 0.15) is 0 Å². The zero-order valence-electron chi connectivity index (χ0n) is 11.8. The summed E-state index contributed by atoms with van der Waals surface area (Å²) in [7, 11) is 0. The molecule has 7 heteroatoms. The van der Waals surface area contributed by atoms with Crippen LogP contribution in [-0.4, -0.2) is 37.0 Å². The average Bonchev–Trinajstić information content (AvgIpc) is 2.42. The molecule has 1 aromatic carbocycles. The highest BCUT2D eigenvalue weighted by Crippen LogP contribution is 2.12. The van der Waals surface area contributed by atoms with Crippen molar-refractivity contribution in [3.05, 3.63) is 33.4 Å². The SMILES string of the molecule is CC(C)NC(=O)CNC(=O)COC(=O)c1ccccc1I. The second-order valence-electron chi connectivity index (χ2n) is 4.55. The van der Waals surface area contributed by atoms with Crippen molar-refractivity contribution in [2.45, 2.75) is 19.9 Å². The van der Waals surface area contributed by atoms with Crippen molar-refractivity contribution in [1.82, 2.24) is 10.6 Å². The first-order valence-electron chi connectivity index (χ1n) is 6.38. The summed E-state index contributed by atoms with van der Waals surface area (Å²) in [5, 5.41) is 5.01. The van der Waals surface area contributed by atoms with Crippen molar-refractivity contribution in [2.75, 3.05) is 13.2 Å². The van der Waals surface area contributed by atoms with E-state index in [2.05, 4.69) is 10.6 Å². The quantitative estimate of drug-likeness (QED) is 0.549. The van der Waals surface area contributed by atoms with Gasteiger partial charge in [0.05, 0.1) is 12.1 Å². The molecule has 0 atom stereocenters. The molecule has 0 heterocycles. The standard InChI is InChI=1S/C14H17IN2O4/c1-9(2)17-12(18)7-16-13(19)8-21-14(20)10-5-3-4-6-11(10)15/h3-6,9H,7-8H2,1-2H3,(H,16,19)(H,17,18). The van der Waals surface area contributed by atoms with Crippen LogP contribution in [0, 0.1) is 3.57 Å². The van der Waals surface area contributed by atoms with Gasteiger partial charge in [0.2, 0.25) is 5.91 Å². The molecule has 0 spiro atoms. The topological polar surface area (TPSA) is 84.5 Å². The lowest BCUT2D eigenvalue weighted by molar-refractivity contribution is -0.128. The number of carbonyl (C=O) groups is 3. The van der Waals surface area contributed by atoms with Crippen molar-refractivity contribution in [3.63, 3.8) is 0 Å². The van der Waals surface area contributed by atoms with Gasteiger partial charge in [-0.05, 0) is 48.6 Å². The van der Waals surface area contributed by atoms with Gasteiger partial charge in [0, 0.05) is 9.61 Å². The van der Waals surface area contributed by atoms with Crippen LogP contribution in [0.15, 0.2) is 24.3 Å². The third-order valence-corrected chi connectivity index (χ3v) is 3.26. The van der Waals surface area contributed by atoms with E-state index >= 15 is 0 Å². The molecular weight excluding hydrogens is 387 g/mol. The Morgan fingerprint density at radius 2 is 1.86 bits per heavy atom. The first kappa shape index (κ1) is 17.4. The largest absolute Gasteiger partial charge is 0.452 e. The minimum absolute atomic E-state index is 0.00684. The van der Waals surface area contributed by atoms with Gasteiger partial charge in [0.15, 0.2) is 6.61 Å². The lowest BCUT2D eigenvalue weighted by Crippen LogP contribution is -2.41. The normalized spacial score (nSPS) is 10.1. The van der Waals surface area contributed by atoms with Crippen molar-refractivity contribution >= 4 is 40.4 Å². The molecule has 0 aliphatic heterocycles. The van der Waals surface area contributed by atoms with Crippen LogP contribution in [-0.2, 0) is 14.3 Å². The Morgan fingerprint density at radius 3 is 2.48 bits per heavy atom. The van der Waals surface area contributed by atoms with Crippen molar-refractivity contribution in [2.24, 2.45) is 0 Å². The number of hydrogen-bond donors (Lipinski definition) is 2. The van der Waals surface area contributed by atoms with E-state index < -0.39 is 18.5 Å². The van der Waals surface area contributed by atoms with E-state index in [9.17, 15) is 14.4 Å². The molecule has 0 aliphatic carbocycles. The number of halogens is 1. The zero-order valence-corrected chi connectivity index (χ0v) is 14.0. The zero-order chi connectivity index (χ0) is 15.8. The van der Waals surface area contributed by atoms with E-state index in [-0.39, 0.29) is 18.5 Å². The summed E-state index contributed by atoms with van der Waals surface area (Å²) in [6, 6.07) is 6.92. The van der Waals surface area contributed by atoms with E-state index in [1.54, 1.807) is 24.3 Å². The van der Waals surface area contributed by atoms with Crippen LogP contribution >= 0.6 is 22.6 Å². The fourth-order valence-corrected chi connectivity index (χ4v) is 2.05. The van der Waals surface area contributed by atoms with E-state index in [4.69, 9.17) is 4.74 Å². The second-order valence-corrected chi connectivity index (χ2v) is 5.72. The molecule has 0 radical (unpaired) electrons. The van der Waals surface area contributed by atoms with Crippen LogP contribution in [0.2, 0.25) is 0 Å². The highest BCUT2D eigenvalue weighted by molar-refractivity contribution is 14.1. The first-order chi connectivity index (χ1) is 9.90. The summed E-state index contributed by atoms with van der Waals surface area (Å²) in [5.74, 6) is -1.38. The van der Waals surface area contributed by atoms with Gasteiger partial charge in [-0.25, -0.2) is 4.79 Å². The fraction of sp³-hybridized carbons (Fsp3) is 0.357. The number of rotatable bonds is 6. The summed E-state index contributed by atoms with van der Waals surface area (Å²) in [6.45, 7) is 3.09. The molecule has 0 bridgehead atoms. The van der Waals surface area contributed by atoms with Crippen LogP contribution in [0.3, 0.4) is 0 Å². The minimum Gasteiger partial charge on any atom is -0.452 e. The molecule has 2 amide bonds. The molecule has 21 heavy (non-hydrogen) atoms. The van der Waals surface area contributed by atoms with Gasteiger partial charge in [-0.2, -0.15) is 0 Å². The highest BCUT2D eigenvalue weighted by atomic mass is 127. The average molecular weight is 404 g/mol. The number of hydrogen-bond acceptors (Lipinski definition) is 4. The highest BCUT2D eigenvalue weighted by Gasteiger charge is 2.13. The summed E-state index contributed by atoms with van der Waals surface area (Å²) in [4.78, 5) is 34.6. The molecule has 0 saturated carbocycles. The van der Waals surface area contributed by atoms with Crippen LogP contribution in [0.1, 0.15) is 24.2 Å². The maximum atomic E-state index is 11.8. The van der Waals surface area contributed by atoms with Crippen molar-refractivity contribution in [3.8, 4) is 0 Å². The predicted molar refractivity (Wildman–Crippen MR) is 85.7 cm³/mol. The van der Waals surface area contributed by atoms with Gasteiger partial charge in [-0.3, -0.25) is 9.59 Å². The first-order valence-corrected chi connectivity index (χ1v) is 7.45. The number of ether oxygens (including phenoxy) is 1. The second kappa shape index (κ2) is 8.60. The van der Waals surface area contributed by atoms with Crippen LogP contribution in [0.5, 0.6) is 0 Å². The number of amides is 2. The van der Waals surface area contributed by atoms with Crippen LogP contribution in [0.4, 0.5) is 0 Å². The summed E-state index contributed by atoms with van der Waals surface area (Å²) in [6.07, 6.45) is 0. The Hall–Kier alpha value is -1.64. The predicted octanol–water partition coefficient (Wildman–Crippen LogP) is 1.09. The van der Waals surface area contributed by atoms with Crippen LogP contribution in [0.25, 0.3) is 0 Å². The molecule has 1 aromatic rings. The van der Waals surface area contributed by atoms with Gasteiger partial charge in [-0.1, -0.05) is 12.1 Å². The van der Waals surface area contributed by atoms with Gasteiger partial charge in [-0.15, -0.1) is 0 Å². The Kier molecular flexibility index (Phi) is 7.13. The summed E-state index contributed by atoms with van der Waals surface area (Å²) < 4.78 is 5.64. The van der Waals surface area contributed by atoms with Gasteiger partial charge in [0.25, 0.3) is 5.91 Å². The van der Waals surface area contributed by atoms with Crippen LogP contribution < -0.4 is 10.6 Å². The molecule has 2 N–H and O–H groups in total. The Morgan fingerprint density at radius 1 is 1.19 bits per heavy atom. The minimum atomic E-state index is -0.568. The van der Waals surface area contributed by atoms with Crippen molar-refractivity contribution < 1.29 is 19.1 Å². The summed E-state index contributed by atoms with van der Waals surface area (Å²) in [5.41, 5.74) is 0.406. The van der Waals surface area contributed by atoms with E-state index in [1.165, 1.54) is 0 Å². The van der Waals surface area contributed by atoms with Gasteiger partial charge < -0.3 is 15.4 Å². The Labute approximate surface area is 136 Å². The summed E-state index contributed by atoms with van der Waals surface area (Å²) >= 11 is 2.01. The molecule has 0 aliphatic rings. The maximum Gasteiger partial charge on any atom is 0.339 e. The Bertz CT molecular complexity index is 531. The number of esters is 1. The number of carbonyl (C=O) groups excluding carboxylic acids is 3. The van der Waals surface area contributed by atoms with Crippen molar-refractivity contribution in [1.29, 1.82) is 0 Å². The molecule has 0 unspecified atom stereocenters. The lowest BCUT2D eigenvalue weighted by atomic mass is 10.2. The fourth-order valence-electron chi connectivity index (χ4n) is 1.44. The van der Waals surface area contributed by atoms with Gasteiger partial charge >= 0.3 is 5.97 Å². The Balaban J connectivity index is 2.35. The molecule has 0 fully saturated rings. The third-order valence-electron chi connectivity index (χ3n) is 2.32. The van der Waals surface area contributed by atoms with E-state index in [0.717, 1.165) is 3.57 Å². The number of benzene rings is 1. The smallest absolute Gasteiger partial charge is 0.339 e. The number of nitrogens with one attached hydrogen (secondary N) is 2. The molecule has 0 aromatic heterocycles. The molecule has 0 saturated heterocycles. The third kappa shape index (κ3) is 6.56. The maximum absolute atomic E-state index is 11.8. The molecule has 1 rings (SSSR count). The monoisotopic (exact) mass is 404 g/mol. The molecule has 6 nitrogen and oxygen atoms in total.